The van der Waals surface area contributed by atoms with Crippen molar-refractivity contribution in [3.63, 3.8) is 0 Å². The maximum absolute atomic E-state index is 13.2. The molecule has 0 saturated carbocycles. The molecule has 0 saturated heterocycles. The lowest BCUT2D eigenvalue weighted by atomic mass is 9.73. The van der Waals surface area contributed by atoms with Gasteiger partial charge in [0.2, 0.25) is 0 Å². The Balaban J connectivity index is 1.80. The average molecular weight is 524 g/mol. The molecule has 2 aliphatic rings. The molecule has 0 radical (unpaired) electrons. The van der Waals surface area contributed by atoms with E-state index in [0.29, 0.717) is 24.2 Å². The highest BCUT2D eigenvalue weighted by Gasteiger charge is 2.39. The first-order chi connectivity index (χ1) is 16.3. The van der Waals surface area contributed by atoms with Crippen LogP contribution in [0.15, 0.2) is 63.4 Å². The molecule has 0 spiro atoms. The first-order valence-corrected chi connectivity index (χ1v) is 12.5. The van der Waals surface area contributed by atoms with E-state index in [1.807, 2.05) is 38.1 Å². The van der Waals surface area contributed by atoms with Crippen LogP contribution >= 0.6 is 15.9 Å². The van der Waals surface area contributed by atoms with Gasteiger partial charge in [-0.1, -0.05) is 24.3 Å². The average Bonchev–Trinajstić information content (AvgIpc) is 2.79. The number of dihydropyridines is 1. The van der Waals surface area contributed by atoms with Crippen molar-refractivity contribution in [3.8, 4) is 5.75 Å². The van der Waals surface area contributed by atoms with E-state index < -0.39 is 5.92 Å². The monoisotopic (exact) mass is 523 g/mol. The van der Waals surface area contributed by atoms with Gasteiger partial charge in [0.15, 0.2) is 5.78 Å². The number of carbonyl (C=O) groups excluding carboxylic acids is 2. The number of esters is 1. The van der Waals surface area contributed by atoms with Gasteiger partial charge in [0.1, 0.15) is 12.4 Å². The molecule has 1 aliphatic heterocycles. The topological polar surface area (TPSA) is 64.6 Å². The van der Waals surface area contributed by atoms with E-state index in [0.717, 1.165) is 56.7 Å². The summed E-state index contributed by atoms with van der Waals surface area (Å²) in [4.78, 5) is 26.3. The molecule has 5 nitrogen and oxygen atoms in total. The number of benzene rings is 2. The minimum Gasteiger partial charge on any atom is -0.488 e. The molecule has 178 valence electrons. The molecular formula is C28H30BrNO4. The molecule has 0 amide bonds. The van der Waals surface area contributed by atoms with Crippen LogP contribution in [-0.4, -0.2) is 18.4 Å². The van der Waals surface area contributed by atoms with Crippen LogP contribution in [0.1, 0.15) is 61.3 Å². The van der Waals surface area contributed by atoms with Crippen molar-refractivity contribution < 1.29 is 19.1 Å². The van der Waals surface area contributed by atoms with Crippen molar-refractivity contribution in [3.05, 3.63) is 85.7 Å². The predicted octanol–water partition coefficient (Wildman–Crippen LogP) is 6.18. The molecule has 4 rings (SSSR count). The van der Waals surface area contributed by atoms with E-state index in [4.69, 9.17) is 9.47 Å². The van der Waals surface area contributed by atoms with E-state index in [9.17, 15) is 9.59 Å². The lowest BCUT2D eigenvalue weighted by molar-refractivity contribution is -0.138. The number of ether oxygens (including phenoxy) is 2. The molecule has 6 heteroatoms. The van der Waals surface area contributed by atoms with Crippen LogP contribution in [0.5, 0.6) is 5.75 Å². The Kier molecular flexibility index (Phi) is 7.27. The van der Waals surface area contributed by atoms with Gasteiger partial charge in [-0.3, -0.25) is 4.79 Å². The van der Waals surface area contributed by atoms with Crippen LogP contribution in [0.25, 0.3) is 0 Å². The van der Waals surface area contributed by atoms with Crippen LogP contribution in [0.3, 0.4) is 0 Å². The SMILES string of the molecule is CCOC(=O)C1=C(C)NC2=C(C(=O)CCC2)C1c1cc(COc2ccccc2Br)c(C)cc1C. The zero-order valence-electron chi connectivity index (χ0n) is 20.1. The number of aryl methyl sites for hydroxylation is 2. The molecule has 2 aromatic carbocycles. The summed E-state index contributed by atoms with van der Waals surface area (Å²) in [5, 5.41) is 3.34. The van der Waals surface area contributed by atoms with Crippen molar-refractivity contribution in [1.29, 1.82) is 0 Å². The summed E-state index contributed by atoms with van der Waals surface area (Å²) < 4.78 is 12.4. The quantitative estimate of drug-likeness (QED) is 0.458. The third-order valence-corrected chi connectivity index (χ3v) is 7.18. The Morgan fingerprint density at radius 2 is 1.88 bits per heavy atom. The van der Waals surface area contributed by atoms with E-state index in [-0.39, 0.29) is 18.4 Å². The summed E-state index contributed by atoms with van der Waals surface area (Å²) in [5.74, 6) is 0.0275. The van der Waals surface area contributed by atoms with E-state index in [1.54, 1.807) is 6.92 Å². The number of carbonyl (C=O) groups is 2. The fraction of sp³-hybridized carbons (Fsp3) is 0.357. The van der Waals surface area contributed by atoms with Gasteiger partial charge in [-0.2, -0.15) is 0 Å². The Hall–Kier alpha value is -2.86. The lowest BCUT2D eigenvalue weighted by Crippen LogP contribution is -2.34. The summed E-state index contributed by atoms with van der Waals surface area (Å²) >= 11 is 3.53. The molecule has 1 aliphatic carbocycles. The standard InChI is InChI=1S/C28H30BrNO4/c1-5-33-28(32)25-18(4)30-22-10-8-11-23(31)27(22)26(25)20-14-19(16(2)13-17(20)3)15-34-24-12-7-6-9-21(24)29/h6-7,9,12-14,26,30H,5,8,10-11,15H2,1-4H3. The molecule has 0 aromatic heterocycles. The van der Waals surface area contributed by atoms with Crippen molar-refractivity contribution in [2.24, 2.45) is 0 Å². The molecule has 1 N–H and O–H groups in total. The normalized spacial score (nSPS) is 17.9. The maximum atomic E-state index is 13.2. The lowest BCUT2D eigenvalue weighted by Gasteiger charge is -2.35. The smallest absolute Gasteiger partial charge is 0.336 e. The van der Waals surface area contributed by atoms with Crippen molar-refractivity contribution in [1.82, 2.24) is 5.32 Å². The molecular weight excluding hydrogens is 494 g/mol. The number of ketones is 1. The molecule has 0 bridgehead atoms. The predicted molar refractivity (Wildman–Crippen MR) is 135 cm³/mol. The highest BCUT2D eigenvalue weighted by molar-refractivity contribution is 9.10. The number of rotatable bonds is 6. The van der Waals surface area contributed by atoms with Crippen molar-refractivity contribution >= 4 is 27.7 Å². The highest BCUT2D eigenvalue weighted by atomic mass is 79.9. The number of allylic oxidation sites excluding steroid dienone is 3. The minimum atomic E-state index is -0.453. The summed E-state index contributed by atoms with van der Waals surface area (Å²) in [5.41, 5.74) is 6.99. The van der Waals surface area contributed by atoms with Crippen LogP contribution in [0.2, 0.25) is 0 Å². The van der Waals surface area contributed by atoms with E-state index in [2.05, 4.69) is 40.3 Å². The van der Waals surface area contributed by atoms with Crippen LogP contribution in [-0.2, 0) is 20.9 Å². The van der Waals surface area contributed by atoms with Gasteiger partial charge in [0, 0.05) is 29.3 Å². The van der Waals surface area contributed by atoms with Gasteiger partial charge >= 0.3 is 5.97 Å². The zero-order valence-corrected chi connectivity index (χ0v) is 21.7. The fourth-order valence-corrected chi connectivity index (χ4v) is 5.27. The minimum absolute atomic E-state index is 0.0963. The summed E-state index contributed by atoms with van der Waals surface area (Å²) in [6.07, 6.45) is 2.11. The number of Topliss-reactive ketones (excluding diaryl/α,β-unsaturated/α-hetero) is 1. The second-order valence-electron chi connectivity index (χ2n) is 8.84. The molecule has 1 atom stereocenters. The Morgan fingerprint density at radius 1 is 1.12 bits per heavy atom. The number of hydrogen-bond acceptors (Lipinski definition) is 5. The van der Waals surface area contributed by atoms with Crippen LogP contribution < -0.4 is 10.1 Å². The fourth-order valence-electron chi connectivity index (χ4n) is 4.87. The van der Waals surface area contributed by atoms with Crippen molar-refractivity contribution in [2.45, 2.75) is 59.5 Å². The van der Waals surface area contributed by atoms with Crippen LogP contribution in [0.4, 0.5) is 0 Å². The van der Waals surface area contributed by atoms with Gasteiger partial charge < -0.3 is 14.8 Å². The first kappa shape index (κ1) is 24.3. The number of nitrogens with one attached hydrogen (secondary N) is 1. The third-order valence-electron chi connectivity index (χ3n) is 6.53. The zero-order chi connectivity index (χ0) is 24.4. The largest absolute Gasteiger partial charge is 0.488 e. The van der Waals surface area contributed by atoms with E-state index in [1.165, 1.54) is 0 Å². The molecule has 2 aromatic rings. The van der Waals surface area contributed by atoms with Gasteiger partial charge in [-0.25, -0.2) is 4.79 Å². The number of halogens is 1. The van der Waals surface area contributed by atoms with Gasteiger partial charge in [-0.05, 0) is 90.9 Å². The second-order valence-corrected chi connectivity index (χ2v) is 9.69. The maximum Gasteiger partial charge on any atom is 0.336 e. The number of hydrogen-bond donors (Lipinski definition) is 1. The molecule has 1 heterocycles. The van der Waals surface area contributed by atoms with Crippen molar-refractivity contribution in [2.75, 3.05) is 6.61 Å². The third kappa shape index (κ3) is 4.69. The Morgan fingerprint density at radius 3 is 2.62 bits per heavy atom. The summed E-state index contributed by atoms with van der Waals surface area (Å²) in [7, 11) is 0. The molecule has 0 fully saturated rings. The number of para-hydroxylation sites is 1. The summed E-state index contributed by atoms with van der Waals surface area (Å²) in [6, 6.07) is 12.0. The van der Waals surface area contributed by atoms with E-state index >= 15 is 0 Å². The second kappa shape index (κ2) is 10.2. The first-order valence-electron chi connectivity index (χ1n) is 11.7. The Labute approximate surface area is 209 Å². The highest BCUT2D eigenvalue weighted by Crippen LogP contribution is 2.44. The van der Waals surface area contributed by atoms with Gasteiger partial charge in [-0.15, -0.1) is 0 Å². The van der Waals surface area contributed by atoms with Gasteiger partial charge in [0.05, 0.1) is 16.7 Å². The molecule has 1 unspecified atom stereocenters. The molecule has 34 heavy (non-hydrogen) atoms. The van der Waals surface area contributed by atoms with Crippen LogP contribution in [0, 0.1) is 13.8 Å². The Bertz CT molecular complexity index is 1210. The summed E-state index contributed by atoms with van der Waals surface area (Å²) in [6.45, 7) is 8.44. The van der Waals surface area contributed by atoms with Gasteiger partial charge in [0.25, 0.3) is 0 Å².